The number of hydrogen-bond donors (Lipinski definition) is 3. The number of likely N-dealkylation sites (tertiary alicyclic amines) is 1. The molecule has 6 heterocycles. The molecule has 0 saturated carbocycles. The van der Waals surface area contributed by atoms with Crippen molar-refractivity contribution in [1.82, 2.24) is 25.2 Å². The van der Waals surface area contributed by atoms with Gasteiger partial charge in [-0.2, -0.15) is 4.98 Å². The zero-order valence-corrected chi connectivity index (χ0v) is 41.7. The summed E-state index contributed by atoms with van der Waals surface area (Å²) in [7, 11) is -1.04. The molecule has 0 radical (unpaired) electrons. The summed E-state index contributed by atoms with van der Waals surface area (Å²) in [4.78, 5) is 45.6. The van der Waals surface area contributed by atoms with Gasteiger partial charge in [0.1, 0.15) is 24.5 Å². The Balaban J connectivity index is 0.777. The summed E-state index contributed by atoms with van der Waals surface area (Å²) in [5, 5.41) is 10.8. The van der Waals surface area contributed by atoms with Crippen LogP contribution >= 0.6 is 23.1 Å². The van der Waals surface area contributed by atoms with Crippen LogP contribution in [-0.4, -0.2) is 97.9 Å². The zero-order chi connectivity index (χ0) is 47.0. The molecule has 5 aromatic rings. The monoisotopic (exact) mass is 993 g/mol. The van der Waals surface area contributed by atoms with E-state index in [4.69, 9.17) is 14.7 Å². The van der Waals surface area contributed by atoms with E-state index in [2.05, 4.69) is 77.5 Å². The smallest absolute Gasteiger partial charge is 0.234 e. The average Bonchev–Trinajstić information content (AvgIpc) is 3.31. The maximum Gasteiger partial charge on any atom is 0.234 e. The molecule has 16 heteroatoms. The molecular weight excluding hydrogens is 932 g/mol. The van der Waals surface area contributed by atoms with Crippen LogP contribution in [0.4, 0.5) is 38.9 Å². The van der Waals surface area contributed by atoms with E-state index in [1.165, 1.54) is 31.4 Å². The van der Waals surface area contributed by atoms with Crippen molar-refractivity contribution in [3.8, 4) is 5.75 Å². The van der Waals surface area contributed by atoms with Gasteiger partial charge in [-0.1, -0.05) is 19.1 Å². The zero-order valence-electron chi connectivity index (χ0n) is 39.3. The van der Waals surface area contributed by atoms with Crippen LogP contribution in [0.25, 0.3) is 10.9 Å². The minimum atomic E-state index is -2.73. The molecule has 0 aliphatic carbocycles. The lowest BCUT2D eigenvalue weighted by atomic mass is 9.71. The van der Waals surface area contributed by atoms with Crippen LogP contribution in [0.1, 0.15) is 81.0 Å². The molecule has 4 saturated heterocycles. The number of amides is 2. The number of anilines is 6. The Labute approximate surface area is 401 Å². The molecular formula is C51H62BrFN9O4P. The fraction of sp³-hybridized carbons (Fsp3) is 0.471. The summed E-state index contributed by atoms with van der Waals surface area (Å²) >= 11 is 3.63. The Morgan fingerprint density at radius 1 is 0.896 bits per heavy atom. The quantitative estimate of drug-likeness (QED) is 0.0809. The number of nitrogens with zero attached hydrogens (tertiary/aromatic N) is 6. The second-order valence-corrected chi connectivity index (χ2v) is 23.4. The van der Waals surface area contributed by atoms with Crippen molar-refractivity contribution in [3.05, 3.63) is 87.9 Å². The number of carbonyl (C=O) groups excluding carboxylic acids is 2. The molecule has 2 amide bonds. The Hall–Kier alpha value is -5.11. The van der Waals surface area contributed by atoms with Gasteiger partial charge in [0.25, 0.3) is 0 Å². The van der Waals surface area contributed by atoms with Crippen molar-refractivity contribution in [2.75, 3.05) is 86.7 Å². The van der Waals surface area contributed by atoms with Crippen molar-refractivity contribution in [2.24, 2.45) is 11.3 Å². The van der Waals surface area contributed by atoms with Gasteiger partial charge in [0.15, 0.2) is 0 Å². The topological polar surface area (TPSA) is 145 Å². The van der Waals surface area contributed by atoms with Crippen molar-refractivity contribution in [2.45, 2.75) is 77.6 Å². The van der Waals surface area contributed by atoms with E-state index in [1.54, 1.807) is 38.8 Å². The summed E-state index contributed by atoms with van der Waals surface area (Å²) in [6.45, 7) is 15.0. The maximum atomic E-state index is 15.3. The van der Waals surface area contributed by atoms with E-state index in [0.29, 0.717) is 51.0 Å². The number of ether oxygens (including phenoxy) is 1. The number of aromatic nitrogens is 3. The lowest BCUT2D eigenvalue weighted by molar-refractivity contribution is -0.134. The van der Waals surface area contributed by atoms with E-state index in [0.717, 1.165) is 104 Å². The van der Waals surface area contributed by atoms with Gasteiger partial charge in [0, 0.05) is 84.7 Å². The highest BCUT2D eigenvalue weighted by Gasteiger charge is 2.39. The van der Waals surface area contributed by atoms with Gasteiger partial charge < -0.3 is 34.6 Å². The number of hydrogen-bond acceptors (Lipinski definition) is 12. The lowest BCUT2D eigenvalue weighted by Crippen LogP contribution is -2.48. The molecule has 4 aliphatic heterocycles. The highest BCUT2D eigenvalue weighted by Crippen LogP contribution is 2.45. The predicted octanol–water partition coefficient (Wildman–Crippen LogP) is 9.66. The summed E-state index contributed by atoms with van der Waals surface area (Å²) in [6.07, 6.45) is 10.1. The molecule has 9 rings (SSSR count). The molecule has 354 valence electrons. The molecule has 67 heavy (non-hydrogen) atoms. The van der Waals surface area contributed by atoms with Gasteiger partial charge in [-0.3, -0.25) is 19.9 Å². The first-order valence-electron chi connectivity index (χ1n) is 23.8. The lowest BCUT2D eigenvalue weighted by Gasteiger charge is -2.48. The van der Waals surface area contributed by atoms with Crippen LogP contribution in [0, 0.1) is 24.1 Å². The van der Waals surface area contributed by atoms with Crippen molar-refractivity contribution >= 4 is 85.6 Å². The summed E-state index contributed by atoms with van der Waals surface area (Å²) in [5.74, 6) is 0.586. The van der Waals surface area contributed by atoms with Crippen molar-refractivity contribution < 1.29 is 23.3 Å². The van der Waals surface area contributed by atoms with Crippen LogP contribution in [0.3, 0.4) is 0 Å². The number of carbonyl (C=O) groups is 2. The van der Waals surface area contributed by atoms with E-state index < -0.39 is 19.0 Å². The number of pyridine rings is 1. The summed E-state index contributed by atoms with van der Waals surface area (Å²) < 4.78 is 35.6. The molecule has 3 aromatic carbocycles. The normalized spacial score (nSPS) is 19.5. The van der Waals surface area contributed by atoms with Gasteiger partial charge in [0.05, 0.1) is 34.4 Å². The van der Waals surface area contributed by atoms with E-state index in [9.17, 15) is 14.2 Å². The highest BCUT2D eigenvalue weighted by atomic mass is 79.9. The third kappa shape index (κ3) is 10.2. The SMILES string of the molecule is CCc1ccc2c(P(C)(C)=O)c(Nc3nc(Nc4cc(C)c(N5CCC6(CCN(CC7CCN(c8ccc(C9CCC(=O)NC9=O)c(F)c8)CC7)CC6)CC5)cc4OC)ncc3Br)ccc2n1. The Morgan fingerprint density at radius 3 is 2.33 bits per heavy atom. The van der Waals surface area contributed by atoms with Gasteiger partial charge in [-0.05, 0) is 154 Å². The summed E-state index contributed by atoms with van der Waals surface area (Å²) in [6, 6.07) is 17.4. The number of imide groups is 1. The largest absolute Gasteiger partial charge is 0.494 e. The molecule has 4 fully saturated rings. The van der Waals surface area contributed by atoms with E-state index >= 15 is 4.39 Å². The van der Waals surface area contributed by atoms with Crippen LogP contribution < -0.4 is 35.8 Å². The second-order valence-electron chi connectivity index (χ2n) is 19.4. The third-order valence-corrected chi connectivity index (χ3v) is 16.9. The number of piperidine rings is 4. The Morgan fingerprint density at radius 2 is 1.64 bits per heavy atom. The van der Waals surface area contributed by atoms with E-state index in [1.807, 2.05) is 30.3 Å². The molecule has 4 aliphatic rings. The molecule has 1 atom stereocenters. The van der Waals surface area contributed by atoms with Gasteiger partial charge in [-0.15, -0.1) is 0 Å². The van der Waals surface area contributed by atoms with Crippen LogP contribution in [0.5, 0.6) is 5.75 Å². The predicted molar refractivity (Wildman–Crippen MR) is 270 cm³/mol. The van der Waals surface area contributed by atoms with Crippen molar-refractivity contribution in [3.63, 3.8) is 0 Å². The number of nitrogens with one attached hydrogen (secondary N) is 3. The number of aryl methyl sites for hydroxylation is 2. The van der Waals surface area contributed by atoms with Crippen LogP contribution in [0.2, 0.25) is 0 Å². The first-order chi connectivity index (χ1) is 32.2. The number of methoxy groups -OCH3 is 1. The van der Waals surface area contributed by atoms with Gasteiger partial charge in [-0.25, -0.2) is 9.37 Å². The van der Waals surface area contributed by atoms with Crippen LogP contribution in [0.15, 0.2) is 65.3 Å². The Kier molecular flexibility index (Phi) is 13.7. The minimum Gasteiger partial charge on any atom is -0.494 e. The van der Waals surface area contributed by atoms with Gasteiger partial charge >= 0.3 is 0 Å². The minimum absolute atomic E-state index is 0.236. The molecule has 13 nitrogen and oxygen atoms in total. The molecule has 2 aromatic heterocycles. The first kappa shape index (κ1) is 47.0. The fourth-order valence-corrected chi connectivity index (χ4v) is 12.6. The second kappa shape index (κ2) is 19.5. The fourth-order valence-electron chi connectivity index (χ4n) is 10.8. The highest BCUT2D eigenvalue weighted by molar-refractivity contribution is 9.10. The molecule has 1 spiro atoms. The van der Waals surface area contributed by atoms with Gasteiger partial charge in [0.2, 0.25) is 17.8 Å². The number of benzene rings is 3. The Bertz CT molecular complexity index is 2730. The summed E-state index contributed by atoms with van der Waals surface area (Å²) in [5.41, 5.74) is 7.24. The maximum absolute atomic E-state index is 15.3. The third-order valence-electron chi connectivity index (χ3n) is 14.7. The number of fused-ring (bicyclic) bond motifs is 1. The molecule has 0 bridgehead atoms. The van der Waals surface area contributed by atoms with E-state index in [-0.39, 0.29) is 18.1 Å². The first-order valence-corrected chi connectivity index (χ1v) is 27.2. The number of halogens is 2. The van der Waals surface area contributed by atoms with Crippen molar-refractivity contribution in [1.29, 1.82) is 0 Å². The molecule has 3 N–H and O–H groups in total. The molecule has 1 unspecified atom stereocenters. The average molecular weight is 995 g/mol. The van der Waals surface area contributed by atoms with Crippen LogP contribution in [-0.2, 0) is 20.6 Å². The standard InChI is InChI=1S/C51H62BrFN9O4P/c1-6-34-7-9-38-41(55-34)12-13-42(47(38)67(4,5)65)56-48-39(52)30-54-50(59-48)57-43-27-32(2)44(29-45(43)66-3)62-25-19-51(20-26-62)17-23-60(24-18-51)31-33-15-21-61(22-16-33)35-8-10-36(40(53)28-35)37-11-14-46(63)58-49(37)64/h7-10,12-13,27-30,33,37H,6,11,14-26,31H2,1-5H3,(H,58,63,64)(H2,54,56,57,59). The number of rotatable bonds is 12.